The molecule has 70 valence electrons. The molecule has 0 aromatic heterocycles. The largest absolute Gasteiger partial charge is 0.487 e. The molecule has 1 aromatic carbocycles. The average Bonchev–Trinajstić information content (AvgIpc) is 2.89. The summed E-state index contributed by atoms with van der Waals surface area (Å²) in [7, 11) is 0. The molecule has 4 heteroatoms. The van der Waals surface area contributed by atoms with Crippen LogP contribution in [0.5, 0.6) is 5.75 Å². The first kappa shape index (κ1) is 8.63. The summed E-state index contributed by atoms with van der Waals surface area (Å²) in [5.74, 6) is -0.212. The molecular weight excluding hydrogens is 193 g/mol. The zero-order valence-corrected chi connectivity index (χ0v) is 7.64. The van der Waals surface area contributed by atoms with Gasteiger partial charge in [-0.05, 0) is 25.0 Å². The number of anilines is 1. The van der Waals surface area contributed by atoms with Crippen LogP contribution in [-0.2, 0) is 0 Å². The quantitative estimate of drug-likeness (QED) is 0.747. The van der Waals surface area contributed by atoms with Crippen LogP contribution in [0.1, 0.15) is 12.8 Å². The van der Waals surface area contributed by atoms with Gasteiger partial charge in [0.05, 0.1) is 11.8 Å². The van der Waals surface area contributed by atoms with E-state index in [1.54, 1.807) is 0 Å². The normalized spacial score (nSPS) is 15.8. The molecule has 0 atom stereocenters. The highest BCUT2D eigenvalue weighted by atomic mass is 35.5. The fourth-order valence-electron chi connectivity index (χ4n) is 1.02. The first-order chi connectivity index (χ1) is 6.18. The van der Waals surface area contributed by atoms with Crippen LogP contribution in [0.15, 0.2) is 12.1 Å². The van der Waals surface area contributed by atoms with Gasteiger partial charge in [-0.15, -0.1) is 0 Å². The molecule has 0 radical (unpaired) electrons. The van der Waals surface area contributed by atoms with Crippen molar-refractivity contribution < 1.29 is 9.13 Å². The van der Waals surface area contributed by atoms with Crippen LogP contribution in [-0.4, -0.2) is 6.10 Å². The van der Waals surface area contributed by atoms with Crippen molar-refractivity contribution in [2.75, 3.05) is 5.73 Å². The van der Waals surface area contributed by atoms with Crippen molar-refractivity contribution in [3.05, 3.63) is 23.0 Å². The van der Waals surface area contributed by atoms with Crippen LogP contribution in [0.25, 0.3) is 0 Å². The summed E-state index contributed by atoms with van der Waals surface area (Å²) >= 11 is 5.69. The van der Waals surface area contributed by atoms with E-state index in [0.717, 1.165) is 12.8 Å². The van der Waals surface area contributed by atoms with Gasteiger partial charge in [0.15, 0.2) is 5.75 Å². The van der Waals surface area contributed by atoms with Gasteiger partial charge in [0, 0.05) is 0 Å². The van der Waals surface area contributed by atoms with Gasteiger partial charge in [0.2, 0.25) is 0 Å². The average molecular weight is 202 g/mol. The smallest absolute Gasteiger partial charge is 0.164 e. The van der Waals surface area contributed by atoms with Gasteiger partial charge in [0.25, 0.3) is 0 Å². The van der Waals surface area contributed by atoms with Gasteiger partial charge >= 0.3 is 0 Å². The predicted octanol–water partition coefficient (Wildman–Crippen LogP) is 2.60. The monoisotopic (exact) mass is 201 g/mol. The maximum Gasteiger partial charge on any atom is 0.164 e. The maximum atomic E-state index is 13.0. The number of rotatable bonds is 2. The van der Waals surface area contributed by atoms with E-state index in [4.69, 9.17) is 22.1 Å². The lowest BCUT2D eigenvalue weighted by Gasteiger charge is -2.09. The van der Waals surface area contributed by atoms with E-state index in [1.807, 2.05) is 0 Å². The molecule has 0 saturated heterocycles. The van der Waals surface area contributed by atoms with Crippen LogP contribution in [0, 0.1) is 5.82 Å². The van der Waals surface area contributed by atoms with E-state index in [0.29, 0.717) is 5.69 Å². The Hall–Kier alpha value is -0.960. The van der Waals surface area contributed by atoms with E-state index in [2.05, 4.69) is 0 Å². The fraction of sp³-hybridized carbons (Fsp3) is 0.333. The first-order valence-electron chi connectivity index (χ1n) is 4.08. The minimum Gasteiger partial charge on any atom is -0.487 e. The van der Waals surface area contributed by atoms with Crippen molar-refractivity contribution >= 4 is 17.3 Å². The lowest BCUT2D eigenvalue weighted by Crippen LogP contribution is -2.01. The molecule has 0 amide bonds. The predicted molar refractivity (Wildman–Crippen MR) is 49.5 cm³/mol. The van der Waals surface area contributed by atoms with Gasteiger partial charge in [0.1, 0.15) is 10.8 Å². The van der Waals surface area contributed by atoms with E-state index >= 15 is 0 Å². The number of benzene rings is 1. The van der Waals surface area contributed by atoms with E-state index in [1.165, 1.54) is 12.1 Å². The van der Waals surface area contributed by atoms with Gasteiger partial charge in [-0.1, -0.05) is 11.6 Å². The molecule has 1 saturated carbocycles. The molecule has 2 N–H and O–H groups in total. The van der Waals surface area contributed by atoms with E-state index in [9.17, 15) is 4.39 Å². The van der Waals surface area contributed by atoms with Crippen molar-refractivity contribution in [3.8, 4) is 5.75 Å². The summed E-state index contributed by atoms with van der Waals surface area (Å²) in [4.78, 5) is 0. The lowest BCUT2D eigenvalue weighted by molar-refractivity contribution is 0.303. The second-order valence-corrected chi connectivity index (χ2v) is 3.47. The molecule has 1 fully saturated rings. The number of hydrogen-bond donors (Lipinski definition) is 1. The Kier molecular flexibility index (Phi) is 2.04. The SMILES string of the molecule is Nc1ccc(F)c(Cl)c1OC1CC1. The van der Waals surface area contributed by atoms with Gasteiger partial charge in [-0.3, -0.25) is 0 Å². The molecule has 0 spiro atoms. The third kappa shape index (κ3) is 1.70. The lowest BCUT2D eigenvalue weighted by atomic mass is 10.3. The Morgan fingerprint density at radius 1 is 1.46 bits per heavy atom. The Labute approximate surface area is 80.4 Å². The number of hydrogen-bond acceptors (Lipinski definition) is 2. The fourth-order valence-corrected chi connectivity index (χ4v) is 1.24. The van der Waals surface area contributed by atoms with Crippen LogP contribution in [0.4, 0.5) is 10.1 Å². The summed E-state index contributed by atoms with van der Waals surface area (Å²) in [6.07, 6.45) is 2.15. The number of ether oxygens (including phenoxy) is 1. The highest BCUT2D eigenvalue weighted by Gasteiger charge is 2.26. The Bertz CT molecular complexity index is 339. The van der Waals surface area contributed by atoms with Gasteiger partial charge in [-0.2, -0.15) is 0 Å². The molecule has 0 heterocycles. The number of nitrogen functional groups attached to an aromatic ring is 1. The summed E-state index contributed by atoms with van der Waals surface area (Å²) in [6.45, 7) is 0. The highest BCUT2D eigenvalue weighted by molar-refractivity contribution is 6.32. The second-order valence-electron chi connectivity index (χ2n) is 3.10. The third-order valence-electron chi connectivity index (χ3n) is 1.89. The Morgan fingerprint density at radius 2 is 2.15 bits per heavy atom. The minimum absolute atomic E-state index is 0.0214. The van der Waals surface area contributed by atoms with Crippen molar-refractivity contribution in [1.82, 2.24) is 0 Å². The summed E-state index contributed by atoms with van der Waals surface area (Å²) < 4.78 is 18.3. The standard InChI is InChI=1S/C9H9ClFNO/c10-8-6(11)3-4-7(12)9(8)13-5-1-2-5/h3-5H,1-2,12H2. The first-order valence-corrected chi connectivity index (χ1v) is 4.46. The third-order valence-corrected chi connectivity index (χ3v) is 2.24. The van der Waals surface area contributed by atoms with Crippen LogP contribution in [0.2, 0.25) is 5.02 Å². The zero-order chi connectivity index (χ0) is 9.42. The topological polar surface area (TPSA) is 35.2 Å². The molecule has 1 aromatic rings. The molecule has 0 aliphatic heterocycles. The van der Waals surface area contributed by atoms with E-state index in [-0.39, 0.29) is 16.9 Å². The van der Waals surface area contributed by atoms with Crippen molar-refractivity contribution in [3.63, 3.8) is 0 Å². The number of halogens is 2. The van der Waals surface area contributed by atoms with Gasteiger partial charge in [-0.25, -0.2) is 4.39 Å². The number of nitrogens with two attached hydrogens (primary N) is 1. The molecule has 1 aliphatic carbocycles. The Balaban J connectivity index is 2.34. The van der Waals surface area contributed by atoms with Crippen LogP contribution in [0.3, 0.4) is 0 Å². The molecule has 1 aliphatic rings. The maximum absolute atomic E-state index is 13.0. The zero-order valence-electron chi connectivity index (χ0n) is 6.89. The van der Waals surface area contributed by atoms with Crippen LogP contribution < -0.4 is 10.5 Å². The van der Waals surface area contributed by atoms with Crippen molar-refractivity contribution in [1.29, 1.82) is 0 Å². The Morgan fingerprint density at radius 3 is 2.77 bits per heavy atom. The minimum atomic E-state index is -0.494. The molecule has 2 nitrogen and oxygen atoms in total. The van der Waals surface area contributed by atoms with Crippen molar-refractivity contribution in [2.24, 2.45) is 0 Å². The molecule has 13 heavy (non-hydrogen) atoms. The second kappa shape index (κ2) is 3.07. The molecular formula is C9H9ClFNO. The molecule has 0 bridgehead atoms. The van der Waals surface area contributed by atoms with Crippen LogP contribution >= 0.6 is 11.6 Å². The summed E-state index contributed by atoms with van der Waals surface area (Å²) in [5.41, 5.74) is 5.98. The van der Waals surface area contributed by atoms with E-state index < -0.39 is 5.82 Å². The van der Waals surface area contributed by atoms with Crippen molar-refractivity contribution in [2.45, 2.75) is 18.9 Å². The van der Waals surface area contributed by atoms with Gasteiger partial charge < -0.3 is 10.5 Å². The highest BCUT2D eigenvalue weighted by Crippen LogP contribution is 2.37. The summed E-state index contributed by atoms with van der Waals surface area (Å²) in [5, 5.41) is -0.0214. The molecule has 2 rings (SSSR count). The molecule has 0 unspecified atom stereocenters. The summed E-state index contributed by atoms with van der Waals surface area (Å²) in [6, 6.07) is 2.69.